The van der Waals surface area contributed by atoms with Gasteiger partial charge in [-0.25, -0.2) is 0 Å². The fourth-order valence-corrected chi connectivity index (χ4v) is 2.63. The van der Waals surface area contributed by atoms with E-state index >= 15 is 0 Å². The predicted molar refractivity (Wildman–Crippen MR) is 77.1 cm³/mol. The zero-order valence-electron chi connectivity index (χ0n) is 12.3. The molecule has 5 heteroatoms. The molecule has 19 heavy (non-hydrogen) atoms. The van der Waals surface area contributed by atoms with Crippen molar-refractivity contribution in [3.63, 3.8) is 0 Å². The summed E-state index contributed by atoms with van der Waals surface area (Å²) in [5, 5.41) is 15.5. The standard InChI is InChI=1S/C14H29N3O2/c1-3-5-12(2)16-14(19)11-17(8-9-18)10-13-6-4-7-15-13/h12-13,15,18H,3-11H2,1-2H3,(H,16,19). The zero-order valence-corrected chi connectivity index (χ0v) is 12.3. The van der Waals surface area contributed by atoms with Gasteiger partial charge in [-0.2, -0.15) is 0 Å². The molecule has 0 spiro atoms. The fraction of sp³-hybridized carbons (Fsp3) is 0.929. The molecule has 1 amide bonds. The molecule has 0 saturated carbocycles. The Kier molecular flexibility index (Phi) is 8.02. The first-order valence-corrected chi connectivity index (χ1v) is 7.51. The van der Waals surface area contributed by atoms with Crippen LogP contribution in [0.1, 0.15) is 39.5 Å². The Morgan fingerprint density at radius 1 is 1.58 bits per heavy atom. The summed E-state index contributed by atoms with van der Waals surface area (Å²) in [7, 11) is 0. The summed E-state index contributed by atoms with van der Waals surface area (Å²) in [5.74, 6) is 0.0624. The molecule has 2 unspecified atom stereocenters. The minimum Gasteiger partial charge on any atom is -0.395 e. The van der Waals surface area contributed by atoms with Crippen molar-refractivity contribution in [2.24, 2.45) is 0 Å². The summed E-state index contributed by atoms with van der Waals surface area (Å²) in [5.41, 5.74) is 0. The van der Waals surface area contributed by atoms with Gasteiger partial charge >= 0.3 is 0 Å². The molecule has 112 valence electrons. The number of aliphatic hydroxyl groups excluding tert-OH is 1. The first kappa shape index (κ1) is 16.4. The van der Waals surface area contributed by atoms with Gasteiger partial charge < -0.3 is 15.7 Å². The zero-order chi connectivity index (χ0) is 14.1. The van der Waals surface area contributed by atoms with Crippen molar-refractivity contribution < 1.29 is 9.90 Å². The molecule has 0 radical (unpaired) electrons. The normalized spacial score (nSPS) is 20.7. The van der Waals surface area contributed by atoms with Gasteiger partial charge in [0, 0.05) is 25.2 Å². The molecule has 0 aromatic rings. The third-order valence-corrected chi connectivity index (χ3v) is 3.55. The fourth-order valence-electron chi connectivity index (χ4n) is 2.63. The van der Waals surface area contributed by atoms with E-state index in [4.69, 9.17) is 5.11 Å². The number of nitrogens with one attached hydrogen (secondary N) is 2. The first-order chi connectivity index (χ1) is 9.15. The van der Waals surface area contributed by atoms with Crippen molar-refractivity contribution in [3.8, 4) is 0 Å². The maximum atomic E-state index is 11.9. The van der Waals surface area contributed by atoms with E-state index in [0.29, 0.717) is 19.1 Å². The number of aliphatic hydroxyl groups is 1. The molecule has 0 bridgehead atoms. The molecule has 0 aliphatic carbocycles. The number of nitrogens with zero attached hydrogens (tertiary/aromatic N) is 1. The second-order valence-electron chi connectivity index (χ2n) is 5.51. The third kappa shape index (κ3) is 6.89. The van der Waals surface area contributed by atoms with Crippen LogP contribution in [0.2, 0.25) is 0 Å². The molecule has 1 fully saturated rings. The van der Waals surface area contributed by atoms with E-state index in [1.54, 1.807) is 0 Å². The van der Waals surface area contributed by atoms with Crippen LogP contribution in [0.3, 0.4) is 0 Å². The van der Waals surface area contributed by atoms with Crippen LogP contribution in [0.25, 0.3) is 0 Å². The van der Waals surface area contributed by atoms with Crippen LogP contribution in [0.5, 0.6) is 0 Å². The highest BCUT2D eigenvalue weighted by Gasteiger charge is 2.19. The van der Waals surface area contributed by atoms with Crippen LogP contribution in [0.4, 0.5) is 0 Å². The highest BCUT2D eigenvalue weighted by molar-refractivity contribution is 5.78. The first-order valence-electron chi connectivity index (χ1n) is 7.51. The molecular formula is C14H29N3O2. The Bertz CT molecular complexity index is 255. The molecule has 1 rings (SSSR count). The van der Waals surface area contributed by atoms with Gasteiger partial charge in [-0.3, -0.25) is 9.69 Å². The molecule has 3 N–H and O–H groups in total. The minimum absolute atomic E-state index is 0.0624. The van der Waals surface area contributed by atoms with Gasteiger partial charge in [-0.1, -0.05) is 13.3 Å². The van der Waals surface area contributed by atoms with E-state index in [-0.39, 0.29) is 18.6 Å². The van der Waals surface area contributed by atoms with Gasteiger partial charge in [0.2, 0.25) is 5.91 Å². The number of carbonyl (C=O) groups is 1. The lowest BCUT2D eigenvalue weighted by atomic mass is 10.2. The predicted octanol–water partition coefficient (Wildman–Crippen LogP) is 0.338. The van der Waals surface area contributed by atoms with Crippen molar-refractivity contribution in [1.82, 2.24) is 15.5 Å². The van der Waals surface area contributed by atoms with Crippen molar-refractivity contribution in [3.05, 3.63) is 0 Å². The monoisotopic (exact) mass is 271 g/mol. The van der Waals surface area contributed by atoms with E-state index in [9.17, 15) is 4.79 Å². The molecule has 2 atom stereocenters. The van der Waals surface area contributed by atoms with E-state index in [1.807, 2.05) is 11.8 Å². The maximum Gasteiger partial charge on any atom is 0.234 e. The summed E-state index contributed by atoms with van der Waals surface area (Å²) in [6.45, 7) is 7.11. The Balaban J connectivity index is 2.32. The average Bonchev–Trinajstić information content (AvgIpc) is 2.82. The van der Waals surface area contributed by atoms with E-state index in [0.717, 1.165) is 32.4 Å². The Hall–Kier alpha value is -0.650. The second kappa shape index (κ2) is 9.28. The van der Waals surface area contributed by atoms with Gasteiger partial charge in [0.25, 0.3) is 0 Å². The van der Waals surface area contributed by atoms with Crippen molar-refractivity contribution >= 4 is 5.91 Å². The average molecular weight is 271 g/mol. The Labute approximate surface area is 116 Å². The summed E-state index contributed by atoms with van der Waals surface area (Å²) in [6.07, 6.45) is 4.46. The minimum atomic E-state index is 0.0624. The van der Waals surface area contributed by atoms with E-state index in [2.05, 4.69) is 17.6 Å². The van der Waals surface area contributed by atoms with Crippen LogP contribution < -0.4 is 10.6 Å². The molecule has 1 aliphatic rings. The van der Waals surface area contributed by atoms with Gasteiger partial charge in [-0.05, 0) is 32.7 Å². The molecule has 1 heterocycles. The van der Waals surface area contributed by atoms with Crippen LogP contribution in [-0.2, 0) is 4.79 Å². The highest BCUT2D eigenvalue weighted by atomic mass is 16.3. The number of hydrogen-bond acceptors (Lipinski definition) is 4. The van der Waals surface area contributed by atoms with Gasteiger partial charge in [0.05, 0.1) is 13.2 Å². The molecular weight excluding hydrogens is 242 g/mol. The third-order valence-electron chi connectivity index (χ3n) is 3.55. The lowest BCUT2D eigenvalue weighted by Gasteiger charge is -2.25. The number of carbonyl (C=O) groups excluding carboxylic acids is 1. The number of hydrogen-bond donors (Lipinski definition) is 3. The molecule has 0 aromatic carbocycles. The maximum absolute atomic E-state index is 11.9. The van der Waals surface area contributed by atoms with Gasteiger partial charge in [0.1, 0.15) is 0 Å². The van der Waals surface area contributed by atoms with Crippen molar-refractivity contribution in [2.75, 3.05) is 32.8 Å². The lowest BCUT2D eigenvalue weighted by molar-refractivity contribution is -0.123. The highest BCUT2D eigenvalue weighted by Crippen LogP contribution is 2.06. The Morgan fingerprint density at radius 2 is 2.37 bits per heavy atom. The Morgan fingerprint density at radius 3 is 2.95 bits per heavy atom. The summed E-state index contributed by atoms with van der Waals surface area (Å²) < 4.78 is 0. The van der Waals surface area contributed by atoms with Gasteiger partial charge in [0.15, 0.2) is 0 Å². The SMILES string of the molecule is CCCC(C)NC(=O)CN(CCO)CC1CCCN1. The largest absolute Gasteiger partial charge is 0.395 e. The molecule has 1 saturated heterocycles. The van der Waals surface area contributed by atoms with E-state index < -0.39 is 0 Å². The smallest absolute Gasteiger partial charge is 0.234 e. The van der Waals surface area contributed by atoms with Crippen LogP contribution in [-0.4, -0.2) is 60.8 Å². The number of amides is 1. The molecule has 0 aromatic heterocycles. The topological polar surface area (TPSA) is 64.6 Å². The van der Waals surface area contributed by atoms with Gasteiger partial charge in [-0.15, -0.1) is 0 Å². The van der Waals surface area contributed by atoms with Crippen molar-refractivity contribution in [1.29, 1.82) is 0 Å². The summed E-state index contributed by atoms with van der Waals surface area (Å²) >= 11 is 0. The summed E-state index contributed by atoms with van der Waals surface area (Å²) in [4.78, 5) is 14.0. The van der Waals surface area contributed by atoms with E-state index in [1.165, 1.54) is 6.42 Å². The number of rotatable bonds is 9. The molecule has 1 aliphatic heterocycles. The second-order valence-corrected chi connectivity index (χ2v) is 5.51. The lowest BCUT2D eigenvalue weighted by Crippen LogP contribution is -2.46. The van der Waals surface area contributed by atoms with Crippen LogP contribution in [0.15, 0.2) is 0 Å². The van der Waals surface area contributed by atoms with Crippen LogP contribution >= 0.6 is 0 Å². The quantitative estimate of drug-likeness (QED) is 0.566. The van der Waals surface area contributed by atoms with Crippen LogP contribution in [0, 0.1) is 0 Å². The summed E-state index contributed by atoms with van der Waals surface area (Å²) in [6, 6.07) is 0.700. The van der Waals surface area contributed by atoms with Crippen molar-refractivity contribution in [2.45, 2.75) is 51.6 Å². The molecule has 5 nitrogen and oxygen atoms in total.